The zero-order valence-electron chi connectivity index (χ0n) is 11.5. The maximum Gasteiger partial charge on any atom is 0.329 e. The number of carbonyl (C=O) groups is 2. The summed E-state index contributed by atoms with van der Waals surface area (Å²) in [5, 5.41) is 13.6. The van der Waals surface area contributed by atoms with Crippen LogP contribution in [0.2, 0.25) is 0 Å². The van der Waals surface area contributed by atoms with Crippen LogP contribution in [0.5, 0.6) is 0 Å². The van der Waals surface area contributed by atoms with E-state index in [1.165, 1.54) is 13.0 Å². The summed E-state index contributed by atoms with van der Waals surface area (Å²) in [4.78, 5) is 23.2. The standard InChI is InChI=1S/C14H16F2N2O3/c1-8-4-5-9(15)11(10(8)16)17-13(21)18-14(12(19)20)6-2-3-7-14/h4-5H,2-3,6-7H2,1H3,(H,19,20)(H2,17,18,21). The summed E-state index contributed by atoms with van der Waals surface area (Å²) in [6.07, 6.45) is 1.96. The van der Waals surface area contributed by atoms with Crippen molar-refractivity contribution in [1.82, 2.24) is 5.32 Å². The molecule has 7 heteroatoms. The molecule has 1 fully saturated rings. The van der Waals surface area contributed by atoms with Crippen LogP contribution in [0, 0.1) is 18.6 Å². The summed E-state index contributed by atoms with van der Waals surface area (Å²) in [6, 6.07) is 1.36. The Bertz CT molecular complexity index is 584. The topological polar surface area (TPSA) is 78.4 Å². The van der Waals surface area contributed by atoms with Crippen molar-refractivity contribution in [3.63, 3.8) is 0 Å². The molecule has 0 saturated heterocycles. The van der Waals surface area contributed by atoms with Gasteiger partial charge in [-0.25, -0.2) is 18.4 Å². The molecular weight excluding hydrogens is 282 g/mol. The van der Waals surface area contributed by atoms with Crippen LogP contribution in [0.25, 0.3) is 0 Å². The second-order valence-electron chi connectivity index (χ2n) is 5.23. The van der Waals surface area contributed by atoms with Crippen LogP contribution in [0.1, 0.15) is 31.2 Å². The number of halogens is 2. The van der Waals surface area contributed by atoms with Gasteiger partial charge in [-0.1, -0.05) is 18.9 Å². The van der Waals surface area contributed by atoms with Crippen molar-refractivity contribution in [3.05, 3.63) is 29.3 Å². The fourth-order valence-corrected chi connectivity index (χ4v) is 2.50. The number of carboxylic acid groups (broad SMARTS) is 1. The van der Waals surface area contributed by atoms with E-state index in [-0.39, 0.29) is 5.56 Å². The minimum Gasteiger partial charge on any atom is -0.480 e. The molecule has 5 nitrogen and oxygen atoms in total. The van der Waals surface area contributed by atoms with E-state index in [0.29, 0.717) is 25.7 Å². The number of anilines is 1. The highest BCUT2D eigenvalue weighted by Gasteiger charge is 2.42. The molecule has 1 aromatic rings. The molecule has 0 heterocycles. The van der Waals surface area contributed by atoms with Gasteiger partial charge in [0.1, 0.15) is 17.0 Å². The smallest absolute Gasteiger partial charge is 0.329 e. The zero-order valence-corrected chi connectivity index (χ0v) is 11.5. The van der Waals surface area contributed by atoms with Gasteiger partial charge in [-0.05, 0) is 31.4 Å². The highest BCUT2D eigenvalue weighted by atomic mass is 19.1. The van der Waals surface area contributed by atoms with Crippen molar-refractivity contribution < 1.29 is 23.5 Å². The molecule has 2 amide bonds. The molecular formula is C14H16F2N2O3. The van der Waals surface area contributed by atoms with Crippen molar-refractivity contribution >= 4 is 17.7 Å². The van der Waals surface area contributed by atoms with Gasteiger partial charge in [0.05, 0.1) is 0 Å². The molecule has 0 atom stereocenters. The van der Waals surface area contributed by atoms with Gasteiger partial charge in [0.15, 0.2) is 5.82 Å². The SMILES string of the molecule is Cc1ccc(F)c(NC(=O)NC2(C(=O)O)CCCC2)c1F. The largest absolute Gasteiger partial charge is 0.480 e. The molecule has 3 N–H and O–H groups in total. The molecule has 2 rings (SSSR count). The fraction of sp³-hybridized carbons (Fsp3) is 0.429. The normalized spacial score (nSPS) is 16.5. The summed E-state index contributed by atoms with van der Waals surface area (Å²) in [7, 11) is 0. The van der Waals surface area contributed by atoms with E-state index >= 15 is 0 Å². The number of hydrogen-bond acceptors (Lipinski definition) is 2. The highest BCUT2D eigenvalue weighted by Crippen LogP contribution is 2.30. The first-order chi connectivity index (χ1) is 9.85. The summed E-state index contributed by atoms with van der Waals surface area (Å²) >= 11 is 0. The average Bonchev–Trinajstić information content (AvgIpc) is 2.89. The molecule has 1 aliphatic carbocycles. The molecule has 114 valence electrons. The lowest BCUT2D eigenvalue weighted by atomic mass is 9.98. The van der Waals surface area contributed by atoms with E-state index in [0.717, 1.165) is 6.07 Å². The van der Waals surface area contributed by atoms with E-state index in [2.05, 4.69) is 10.6 Å². The lowest BCUT2D eigenvalue weighted by Crippen LogP contribution is -2.53. The van der Waals surface area contributed by atoms with Crippen molar-refractivity contribution in [1.29, 1.82) is 0 Å². The van der Waals surface area contributed by atoms with Crippen molar-refractivity contribution in [2.45, 2.75) is 38.1 Å². The number of rotatable bonds is 3. The molecule has 0 aliphatic heterocycles. The van der Waals surface area contributed by atoms with Crippen molar-refractivity contribution in [2.75, 3.05) is 5.32 Å². The second-order valence-corrected chi connectivity index (χ2v) is 5.23. The van der Waals surface area contributed by atoms with Gasteiger partial charge < -0.3 is 15.7 Å². The van der Waals surface area contributed by atoms with Gasteiger partial charge in [0.2, 0.25) is 0 Å². The molecule has 0 aromatic heterocycles. The lowest BCUT2D eigenvalue weighted by Gasteiger charge is -2.25. The van der Waals surface area contributed by atoms with Gasteiger partial charge in [0, 0.05) is 0 Å². The summed E-state index contributed by atoms with van der Waals surface area (Å²) in [5.74, 6) is -2.93. The highest BCUT2D eigenvalue weighted by molar-refractivity contribution is 5.94. The Morgan fingerprint density at radius 1 is 1.24 bits per heavy atom. The van der Waals surface area contributed by atoms with Crippen LogP contribution < -0.4 is 10.6 Å². The molecule has 0 radical (unpaired) electrons. The van der Waals surface area contributed by atoms with Crippen LogP contribution in [0.3, 0.4) is 0 Å². The number of hydrogen-bond donors (Lipinski definition) is 3. The Balaban J connectivity index is 2.16. The first kappa shape index (κ1) is 15.2. The maximum atomic E-state index is 13.8. The molecule has 1 aromatic carbocycles. The lowest BCUT2D eigenvalue weighted by molar-refractivity contribution is -0.144. The fourth-order valence-electron chi connectivity index (χ4n) is 2.50. The van der Waals surface area contributed by atoms with Gasteiger partial charge in [0.25, 0.3) is 0 Å². The molecule has 1 aliphatic rings. The van der Waals surface area contributed by atoms with E-state index < -0.39 is 34.9 Å². The number of benzene rings is 1. The Morgan fingerprint density at radius 3 is 2.43 bits per heavy atom. The van der Waals surface area contributed by atoms with Crippen LogP contribution >= 0.6 is 0 Å². The predicted molar refractivity (Wildman–Crippen MR) is 72.1 cm³/mol. The molecule has 0 bridgehead atoms. The molecule has 0 spiro atoms. The number of carboxylic acids is 1. The number of urea groups is 1. The number of aryl methyl sites for hydroxylation is 1. The van der Waals surface area contributed by atoms with E-state index in [1.54, 1.807) is 0 Å². The van der Waals surface area contributed by atoms with E-state index in [4.69, 9.17) is 0 Å². The van der Waals surface area contributed by atoms with Gasteiger partial charge in [-0.3, -0.25) is 0 Å². The molecule has 1 saturated carbocycles. The van der Waals surface area contributed by atoms with E-state index in [1.807, 2.05) is 0 Å². The minimum atomic E-state index is -1.36. The first-order valence-corrected chi connectivity index (χ1v) is 6.63. The molecule has 0 unspecified atom stereocenters. The van der Waals surface area contributed by atoms with Gasteiger partial charge in [-0.2, -0.15) is 0 Å². The third-order valence-corrected chi connectivity index (χ3v) is 3.74. The molecule has 21 heavy (non-hydrogen) atoms. The Hall–Kier alpha value is -2.18. The average molecular weight is 298 g/mol. The Kier molecular flexibility index (Phi) is 4.11. The minimum absolute atomic E-state index is 0.181. The Labute approximate surface area is 120 Å². The monoisotopic (exact) mass is 298 g/mol. The maximum absolute atomic E-state index is 13.8. The summed E-state index contributed by atoms with van der Waals surface area (Å²) < 4.78 is 27.4. The first-order valence-electron chi connectivity index (χ1n) is 6.63. The quantitative estimate of drug-likeness (QED) is 0.803. The number of amides is 2. The third-order valence-electron chi connectivity index (χ3n) is 3.74. The third kappa shape index (κ3) is 2.96. The van der Waals surface area contributed by atoms with Crippen molar-refractivity contribution in [2.24, 2.45) is 0 Å². The number of aliphatic carboxylic acids is 1. The van der Waals surface area contributed by atoms with Crippen LogP contribution in [0.15, 0.2) is 12.1 Å². The van der Waals surface area contributed by atoms with Crippen molar-refractivity contribution in [3.8, 4) is 0 Å². The predicted octanol–water partition coefficient (Wildman–Crippen LogP) is 2.79. The van der Waals surface area contributed by atoms with Gasteiger partial charge >= 0.3 is 12.0 Å². The van der Waals surface area contributed by atoms with Crippen LogP contribution in [-0.2, 0) is 4.79 Å². The summed E-state index contributed by atoms with van der Waals surface area (Å²) in [6.45, 7) is 1.44. The van der Waals surface area contributed by atoms with Gasteiger partial charge in [-0.15, -0.1) is 0 Å². The number of nitrogens with one attached hydrogen (secondary N) is 2. The Morgan fingerprint density at radius 2 is 1.86 bits per heavy atom. The second kappa shape index (κ2) is 5.67. The zero-order chi connectivity index (χ0) is 15.6. The van der Waals surface area contributed by atoms with Crippen LogP contribution in [0.4, 0.5) is 19.3 Å². The number of carbonyl (C=O) groups excluding carboxylic acids is 1. The summed E-state index contributed by atoms with van der Waals surface area (Å²) in [5.41, 5.74) is -1.76. The van der Waals surface area contributed by atoms with Crippen LogP contribution in [-0.4, -0.2) is 22.6 Å². The van der Waals surface area contributed by atoms with E-state index in [9.17, 15) is 23.5 Å².